The van der Waals surface area contributed by atoms with E-state index < -0.39 is 24.0 Å². The number of alkyl carbamates (subject to hydrolysis) is 1. The van der Waals surface area contributed by atoms with E-state index in [0.717, 1.165) is 22.8 Å². The smallest absolute Gasteiger partial charge is 0.407 e. The molecule has 2 atom stereocenters. The van der Waals surface area contributed by atoms with Gasteiger partial charge in [-0.3, -0.25) is 4.79 Å². The van der Waals surface area contributed by atoms with Crippen LogP contribution in [0.2, 0.25) is 0 Å². The molecule has 0 aromatic heterocycles. The number of rotatable bonds is 17. The number of unbranched alkanes of at least 4 members (excludes halogenated alkanes) is 1. The van der Waals surface area contributed by atoms with Crippen LogP contribution in [0.4, 0.5) is 4.79 Å². The third kappa shape index (κ3) is 9.76. The molecule has 2 N–H and O–H groups in total. The van der Waals surface area contributed by atoms with Gasteiger partial charge in [-0.25, -0.2) is 4.79 Å². The van der Waals surface area contributed by atoms with E-state index >= 15 is 4.79 Å². The van der Waals surface area contributed by atoms with Gasteiger partial charge in [0, 0.05) is 38.8 Å². The Morgan fingerprint density at radius 2 is 1.41 bits per heavy atom. The van der Waals surface area contributed by atoms with Crippen LogP contribution in [0.1, 0.15) is 83.4 Å². The molecule has 1 aliphatic rings. The SMILES string of the molecule is CCOC(OCC)[C@H](C)N(Cc1cccc2ccccc12)C(=O)C(CCCCNC(=O)OC(C)(C)C)NCC1c2ccccc2-c2ccccc21. The molecule has 51 heavy (non-hydrogen) atoms. The van der Waals surface area contributed by atoms with Gasteiger partial charge < -0.3 is 29.7 Å². The highest BCUT2D eigenvalue weighted by atomic mass is 16.7. The Hall–Kier alpha value is -4.24. The number of hydrogen-bond acceptors (Lipinski definition) is 6. The number of carbonyl (C=O) groups excluding carboxylic acids is 2. The number of nitrogens with one attached hydrogen (secondary N) is 2. The molecule has 4 aromatic rings. The number of amides is 2. The van der Waals surface area contributed by atoms with Crippen molar-refractivity contribution in [3.63, 3.8) is 0 Å². The molecule has 0 spiro atoms. The Bertz CT molecular complexity index is 1690. The van der Waals surface area contributed by atoms with Crippen molar-refractivity contribution in [3.05, 3.63) is 108 Å². The molecule has 0 fully saturated rings. The molecule has 1 unspecified atom stereocenters. The van der Waals surface area contributed by atoms with Crippen LogP contribution >= 0.6 is 0 Å². The first-order chi connectivity index (χ1) is 24.6. The maximum Gasteiger partial charge on any atom is 0.407 e. The van der Waals surface area contributed by atoms with Crippen LogP contribution in [0.15, 0.2) is 91.0 Å². The van der Waals surface area contributed by atoms with Gasteiger partial charge >= 0.3 is 6.09 Å². The molecule has 8 nitrogen and oxygen atoms in total. The molecule has 4 aromatic carbocycles. The highest BCUT2D eigenvalue weighted by Crippen LogP contribution is 2.44. The number of ether oxygens (including phenoxy) is 3. The second kappa shape index (κ2) is 17.8. The maximum atomic E-state index is 15.0. The normalized spacial score (nSPS) is 13.9. The summed E-state index contributed by atoms with van der Waals surface area (Å²) in [7, 11) is 0. The van der Waals surface area contributed by atoms with Gasteiger partial charge in [-0.1, -0.05) is 91.0 Å². The first-order valence-electron chi connectivity index (χ1n) is 18.5. The summed E-state index contributed by atoms with van der Waals surface area (Å²) in [6, 6.07) is 30.8. The van der Waals surface area contributed by atoms with Crippen molar-refractivity contribution in [2.75, 3.05) is 26.3 Å². The van der Waals surface area contributed by atoms with Crippen LogP contribution in [0.25, 0.3) is 21.9 Å². The molecule has 0 radical (unpaired) electrons. The van der Waals surface area contributed by atoms with Crippen molar-refractivity contribution in [1.29, 1.82) is 0 Å². The minimum Gasteiger partial charge on any atom is -0.444 e. The monoisotopic (exact) mass is 693 g/mol. The summed E-state index contributed by atoms with van der Waals surface area (Å²) in [4.78, 5) is 29.2. The van der Waals surface area contributed by atoms with E-state index in [-0.39, 0.29) is 17.9 Å². The van der Waals surface area contributed by atoms with Gasteiger partial charge in [0.2, 0.25) is 5.91 Å². The number of benzene rings is 4. The minimum absolute atomic E-state index is 0.000455. The molecule has 5 rings (SSSR count). The molecular formula is C43H55N3O5. The number of carbonyl (C=O) groups is 2. The quantitative estimate of drug-likeness (QED) is 0.0853. The number of fused-ring (bicyclic) bond motifs is 4. The third-order valence-corrected chi connectivity index (χ3v) is 9.47. The molecule has 8 heteroatoms. The summed E-state index contributed by atoms with van der Waals surface area (Å²) in [6.45, 7) is 13.9. The van der Waals surface area contributed by atoms with E-state index in [0.29, 0.717) is 45.7 Å². The van der Waals surface area contributed by atoms with E-state index in [1.54, 1.807) is 0 Å². The molecule has 0 bridgehead atoms. The second-order valence-electron chi connectivity index (χ2n) is 14.2. The van der Waals surface area contributed by atoms with Gasteiger partial charge in [-0.05, 0) is 99.4 Å². The zero-order chi connectivity index (χ0) is 36.4. The zero-order valence-electron chi connectivity index (χ0n) is 31.1. The third-order valence-electron chi connectivity index (χ3n) is 9.47. The first-order valence-corrected chi connectivity index (χ1v) is 18.5. The van der Waals surface area contributed by atoms with Crippen molar-refractivity contribution in [3.8, 4) is 11.1 Å². The average Bonchev–Trinajstić information content (AvgIpc) is 3.44. The van der Waals surface area contributed by atoms with Gasteiger partial charge in [-0.2, -0.15) is 0 Å². The van der Waals surface area contributed by atoms with Gasteiger partial charge in [0.1, 0.15) is 5.60 Å². The molecule has 1 aliphatic carbocycles. The maximum absolute atomic E-state index is 15.0. The Morgan fingerprint density at radius 1 is 0.804 bits per heavy atom. The van der Waals surface area contributed by atoms with Crippen molar-refractivity contribution >= 4 is 22.8 Å². The van der Waals surface area contributed by atoms with E-state index in [4.69, 9.17) is 14.2 Å². The Kier molecular flexibility index (Phi) is 13.3. The molecule has 0 saturated carbocycles. The molecule has 0 heterocycles. The Balaban J connectivity index is 1.42. The molecular weight excluding hydrogens is 638 g/mol. The Morgan fingerprint density at radius 3 is 2.06 bits per heavy atom. The van der Waals surface area contributed by atoms with Gasteiger partial charge in [-0.15, -0.1) is 0 Å². The fourth-order valence-electron chi connectivity index (χ4n) is 7.07. The molecule has 0 aliphatic heterocycles. The van der Waals surface area contributed by atoms with E-state index in [2.05, 4.69) is 89.5 Å². The van der Waals surface area contributed by atoms with Crippen LogP contribution in [-0.2, 0) is 25.5 Å². The zero-order valence-corrected chi connectivity index (χ0v) is 31.1. The van der Waals surface area contributed by atoms with Crippen LogP contribution in [0.5, 0.6) is 0 Å². The molecule has 0 saturated heterocycles. The summed E-state index contributed by atoms with van der Waals surface area (Å²) in [5, 5.41) is 8.86. The lowest BCUT2D eigenvalue weighted by atomic mass is 9.96. The van der Waals surface area contributed by atoms with E-state index in [1.807, 2.05) is 58.6 Å². The van der Waals surface area contributed by atoms with Crippen molar-refractivity contribution in [2.24, 2.45) is 0 Å². The average molecular weight is 694 g/mol. The highest BCUT2D eigenvalue weighted by molar-refractivity contribution is 5.87. The summed E-state index contributed by atoms with van der Waals surface area (Å²) >= 11 is 0. The summed E-state index contributed by atoms with van der Waals surface area (Å²) in [5.74, 6) is 0.115. The van der Waals surface area contributed by atoms with Crippen LogP contribution < -0.4 is 10.6 Å². The van der Waals surface area contributed by atoms with Crippen LogP contribution in [0, 0.1) is 0 Å². The van der Waals surface area contributed by atoms with Crippen LogP contribution in [-0.4, -0.2) is 67.2 Å². The fourth-order valence-corrected chi connectivity index (χ4v) is 7.07. The van der Waals surface area contributed by atoms with Gasteiger partial charge in [0.05, 0.1) is 12.1 Å². The number of hydrogen-bond donors (Lipinski definition) is 2. The van der Waals surface area contributed by atoms with Crippen molar-refractivity contribution in [1.82, 2.24) is 15.5 Å². The standard InChI is InChI=1S/C43H55N3O5/c1-7-49-41(50-8-2)30(3)46(29-32-20-17-19-31-18-9-10-21-33(31)32)40(47)39(26-15-16-27-44-42(48)51-43(4,5)6)45-28-38-36-24-13-11-22-34(36)35-23-12-14-25-37(35)38/h9-14,17-25,30,38-39,41,45H,7-8,15-16,26-29H2,1-6H3,(H,44,48)/t30-,39?/m0/s1. The van der Waals surface area contributed by atoms with Crippen molar-refractivity contribution < 1.29 is 23.8 Å². The van der Waals surface area contributed by atoms with E-state index in [9.17, 15) is 4.79 Å². The number of nitrogens with zero attached hydrogens (tertiary/aromatic N) is 1. The molecule has 2 amide bonds. The van der Waals surface area contributed by atoms with Crippen LogP contribution in [0.3, 0.4) is 0 Å². The summed E-state index contributed by atoms with van der Waals surface area (Å²) in [5.41, 5.74) is 5.55. The lowest BCUT2D eigenvalue weighted by Crippen LogP contribution is -2.54. The lowest BCUT2D eigenvalue weighted by molar-refractivity contribution is -0.179. The fraction of sp³-hybridized carbons (Fsp3) is 0.442. The molecule has 272 valence electrons. The summed E-state index contributed by atoms with van der Waals surface area (Å²) < 4.78 is 17.6. The van der Waals surface area contributed by atoms with Crippen molar-refractivity contribution in [2.45, 2.75) is 97.2 Å². The van der Waals surface area contributed by atoms with Gasteiger partial charge in [0.15, 0.2) is 6.29 Å². The van der Waals surface area contributed by atoms with E-state index in [1.165, 1.54) is 22.3 Å². The summed E-state index contributed by atoms with van der Waals surface area (Å²) in [6.07, 6.45) is 1.02. The Labute approximate surface area is 303 Å². The first kappa shape index (κ1) is 38.0. The van der Waals surface area contributed by atoms with Gasteiger partial charge in [0.25, 0.3) is 0 Å². The largest absolute Gasteiger partial charge is 0.444 e. The highest BCUT2D eigenvalue weighted by Gasteiger charge is 2.35. The predicted octanol–water partition coefficient (Wildman–Crippen LogP) is 8.42. The predicted molar refractivity (Wildman–Crippen MR) is 205 cm³/mol. The topological polar surface area (TPSA) is 89.1 Å². The lowest BCUT2D eigenvalue weighted by Gasteiger charge is -2.37. The second-order valence-corrected chi connectivity index (χ2v) is 14.2. The minimum atomic E-state index is -0.578.